The molecule has 0 spiro atoms. The second-order valence-corrected chi connectivity index (χ2v) is 4.20. The van der Waals surface area contributed by atoms with E-state index < -0.39 is 0 Å². The molecule has 0 aromatic heterocycles. The number of Topliss-reactive ketones (excluding diaryl/α,β-unsaturated/α-hetero) is 1. The molecule has 0 rings (SSSR count). The first-order valence-electron chi connectivity index (χ1n) is 6.64. The Morgan fingerprint density at radius 1 is 1.17 bits per heavy atom. The van der Waals surface area contributed by atoms with Gasteiger partial charge in [-0.2, -0.15) is 0 Å². The highest BCUT2D eigenvalue weighted by molar-refractivity contribution is 5.84. The summed E-state index contributed by atoms with van der Waals surface area (Å²) in [6.45, 7) is 5.84. The van der Waals surface area contributed by atoms with Crippen LogP contribution in [0.4, 0.5) is 0 Å². The van der Waals surface area contributed by atoms with Crippen molar-refractivity contribution in [2.24, 2.45) is 0 Å². The molecule has 5 nitrogen and oxygen atoms in total. The van der Waals surface area contributed by atoms with Gasteiger partial charge in [-0.3, -0.25) is 14.5 Å². The topological polar surface area (TPSA) is 66.8 Å². The number of ether oxygens (including phenoxy) is 1. The highest BCUT2D eigenvalue weighted by Crippen LogP contribution is 2.00. The predicted molar refractivity (Wildman–Crippen MR) is 69.3 cm³/mol. The summed E-state index contributed by atoms with van der Waals surface area (Å²) >= 11 is 0. The number of nitrogens with zero attached hydrogens (tertiary/aromatic N) is 1. The van der Waals surface area contributed by atoms with Gasteiger partial charge in [-0.15, -0.1) is 0 Å². The van der Waals surface area contributed by atoms with Gasteiger partial charge in [0.05, 0.1) is 26.2 Å². The van der Waals surface area contributed by atoms with E-state index in [4.69, 9.17) is 9.84 Å². The second-order valence-electron chi connectivity index (χ2n) is 4.20. The number of unbranched alkanes of at least 4 members (excludes halogenated alkanes) is 1. The Hall–Kier alpha value is -0.940. The minimum atomic E-state index is -0.326. The summed E-state index contributed by atoms with van der Waals surface area (Å²) in [6.07, 6.45) is 2.42. The summed E-state index contributed by atoms with van der Waals surface area (Å²) < 4.78 is 4.76. The first kappa shape index (κ1) is 17.1. The molecule has 0 radical (unpaired) electrons. The van der Waals surface area contributed by atoms with Gasteiger partial charge < -0.3 is 9.84 Å². The molecule has 18 heavy (non-hydrogen) atoms. The summed E-state index contributed by atoms with van der Waals surface area (Å²) in [7, 11) is 0. The Balaban J connectivity index is 3.89. The average molecular weight is 259 g/mol. The van der Waals surface area contributed by atoms with Gasteiger partial charge >= 0.3 is 5.97 Å². The third-order valence-electron chi connectivity index (χ3n) is 2.56. The van der Waals surface area contributed by atoms with E-state index in [1.165, 1.54) is 0 Å². The van der Waals surface area contributed by atoms with Gasteiger partial charge in [-0.1, -0.05) is 13.3 Å². The maximum atomic E-state index is 11.7. The van der Waals surface area contributed by atoms with Crippen LogP contribution >= 0.6 is 0 Å². The van der Waals surface area contributed by atoms with E-state index in [0.717, 1.165) is 19.4 Å². The number of hydrogen-bond donors (Lipinski definition) is 1. The molecular formula is C13H25NO4. The molecule has 0 fully saturated rings. The molecule has 0 aliphatic heterocycles. The fourth-order valence-electron chi connectivity index (χ4n) is 1.60. The monoisotopic (exact) mass is 259 g/mol. The normalized spacial score (nSPS) is 10.7. The number of carbonyl (C=O) groups excluding carboxylic acids is 2. The zero-order valence-electron chi connectivity index (χ0n) is 11.5. The van der Waals surface area contributed by atoms with Crippen molar-refractivity contribution in [2.45, 2.75) is 39.5 Å². The van der Waals surface area contributed by atoms with Crippen LogP contribution in [-0.2, 0) is 14.3 Å². The summed E-state index contributed by atoms with van der Waals surface area (Å²) in [6, 6.07) is 0. The van der Waals surface area contributed by atoms with E-state index >= 15 is 0 Å². The second kappa shape index (κ2) is 11.2. The zero-order valence-corrected chi connectivity index (χ0v) is 11.5. The molecule has 0 aliphatic rings. The van der Waals surface area contributed by atoms with Gasteiger partial charge in [0.2, 0.25) is 0 Å². The third-order valence-corrected chi connectivity index (χ3v) is 2.56. The van der Waals surface area contributed by atoms with Crippen LogP contribution in [0.3, 0.4) is 0 Å². The molecule has 0 heterocycles. The van der Waals surface area contributed by atoms with Crippen LogP contribution in [0.2, 0.25) is 0 Å². The molecule has 0 amide bonds. The van der Waals surface area contributed by atoms with Gasteiger partial charge in [-0.05, 0) is 19.9 Å². The van der Waals surface area contributed by atoms with E-state index in [2.05, 4.69) is 6.92 Å². The quantitative estimate of drug-likeness (QED) is 0.561. The SMILES string of the molecule is CCCCN(CCO)CC(=O)CCC(=O)OCC. The fraction of sp³-hybridized carbons (Fsp3) is 0.846. The lowest BCUT2D eigenvalue weighted by Gasteiger charge is -2.19. The van der Waals surface area contributed by atoms with Crippen molar-refractivity contribution in [1.29, 1.82) is 0 Å². The number of esters is 1. The molecule has 0 unspecified atom stereocenters. The van der Waals surface area contributed by atoms with E-state index in [1.807, 2.05) is 4.90 Å². The zero-order chi connectivity index (χ0) is 13.8. The lowest BCUT2D eigenvalue weighted by Crippen LogP contribution is -2.33. The Morgan fingerprint density at radius 2 is 1.89 bits per heavy atom. The minimum Gasteiger partial charge on any atom is -0.466 e. The number of carbonyl (C=O) groups is 2. The van der Waals surface area contributed by atoms with Crippen LogP contribution in [0.5, 0.6) is 0 Å². The first-order valence-corrected chi connectivity index (χ1v) is 6.64. The largest absolute Gasteiger partial charge is 0.466 e. The summed E-state index contributed by atoms with van der Waals surface area (Å²) in [4.78, 5) is 24.7. The molecule has 106 valence electrons. The summed E-state index contributed by atoms with van der Waals surface area (Å²) in [5.74, 6) is -0.305. The number of rotatable bonds is 11. The summed E-state index contributed by atoms with van der Waals surface area (Å²) in [5.41, 5.74) is 0. The smallest absolute Gasteiger partial charge is 0.306 e. The van der Waals surface area contributed by atoms with E-state index in [-0.39, 0.29) is 31.2 Å². The Labute approximate surface area is 109 Å². The predicted octanol–water partition coefficient (Wildman–Crippen LogP) is 0.993. The Morgan fingerprint density at radius 3 is 2.44 bits per heavy atom. The lowest BCUT2D eigenvalue weighted by atomic mass is 10.2. The Bertz CT molecular complexity index is 243. The van der Waals surface area contributed by atoms with Gasteiger partial charge in [-0.25, -0.2) is 0 Å². The van der Waals surface area contributed by atoms with E-state index in [0.29, 0.717) is 19.7 Å². The molecule has 0 bridgehead atoms. The number of aliphatic hydroxyl groups is 1. The van der Waals surface area contributed by atoms with E-state index in [9.17, 15) is 9.59 Å². The number of ketones is 1. The maximum absolute atomic E-state index is 11.7. The molecule has 0 saturated heterocycles. The average Bonchev–Trinajstić information content (AvgIpc) is 2.34. The molecule has 0 atom stereocenters. The van der Waals surface area contributed by atoms with Crippen LogP contribution < -0.4 is 0 Å². The van der Waals surface area contributed by atoms with Crippen molar-refractivity contribution in [2.75, 3.05) is 32.8 Å². The van der Waals surface area contributed by atoms with Gasteiger partial charge in [0.1, 0.15) is 5.78 Å². The molecule has 0 saturated carbocycles. The van der Waals surface area contributed by atoms with Crippen LogP contribution in [0.15, 0.2) is 0 Å². The molecule has 0 aliphatic carbocycles. The van der Waals surface area contributed by atoms with Gasteiger partial charge in [0.25, 0.3) is 0 Å². The lowest BCUT2D eigenvalue weighted by molar-refractivity contribution is -0.144. The molecular weight excluding hydrogens is 234 g/mol. The standard InChI is InChI=1S/C13H25NO4/c1-3-5-8-14(9-10-15)11-12(16)6-7-13(17)18-4-2/h15H,3-11H2,1-2H3. The number of hydrogen-bond acceptors (Lipinski definition) is 5. The van der Waals surface area contributed by atoms with Crippen molar-refractivity contribution in [1.82, 2.24) is 4.90 Å². The van der Waals surface area contributed by atoms with Crippen molar-refractivity contribution in [3.63, 3.8) is 0 Å². The van der Waals surface area contributed by atoms with E-state index in [1.54, 1.807) is 6.92 Å². The highest BCUT2D eigenvalue weighted by atomic mass is 16.5. The Kier molecular flexibility index (Phi) is 10.6. The molecule has 0 aromatic carbocycles. The highest BCUT2D eigenvalue weighted by Gasteiger charge is 2.12. The fourth-order valence-corrected chi connectivity index (χ4v) is 1.60. The van der Waals surface area contributed by atoms with Crippen LogP contribution in [0.25, 0.3) is 0 Å². The van der Waals surface area contributed by atoms with Gasteiger partial charge in [0.15, 0.2) is 0 Å². The van der Waals surface area contributed by atoms with Crippen LogP contribution in [0.1, 0.15) is 39.5 Å². The summed E-state index contributed by atoms with van der Waals surface area (Å²) in [5, 5.41) is 8.91. The van der Waals surface area contributed by atoms with Crippen LogP contribution in [-0.4, -0.2) is 54.6 Å². The van der Waals surface area contributed by atoms with Crippen LogP contribution in [0, 0.1) is 0 Å². The van der Waals surface area contributed by atoms with Crippen molar-refractivity contribution >= 4 is 11.8 Å². The maximum Gasteiger partial charge on any atom is 0.306 e. The minimum absolute atomic E-state index is 0.0209. The van der Waals surface area contributed by atoms with Crippen molar-refractivity contribution in [3.05, 3.63) is 0 Å². The van der Waals surface area contributed by atoms with Gasteiger partial charge in [0, 0.05) is 13.0 Å². The third kappa shape index (κ3) is 9.13. The van der Waals surface area contributed by atoms with Crippen molar-refractivity contribution < 1.29 is 19.4 Å². The number of aliphatic hydroxyl groups excluding tert-OH is 1. The van der Waals surface area contributed by atoms with Crippen molar-refractivity contribution in [3.8, 4) is 0 Å². The molecule has 1 N–H and O–H groups in total. The first-order chi connectivity index (χ1) is 8.63. The molecule has 0 aromatic rings. The molecule has 5 heteroatoms.